The van der Waals surface area contributed by atoms with Gasteiger partial charge < -0.3 is 4.90 Å². The number of nitrogens with one attached hydrogen (secondary N) is 1. The number of nitrogens with zero attached hydrogens (tertiary/aromatic N) is 3. The first-order chi connectivity index (χ1) is 14.2. The lowest BCUT2D eigenvalue weighted by molar-refractivity contribution is 0.0644. The Hall–Kier alpha value is -3.38. The third kappa shape index (κ3) is 4.55. The van der Waals surface area contributed by atoms with Gasteiger partial charge in [0.1, 0.15) is 5.69 Å². The van der Waals surface area contributed by atoms with Gasteiger partial charge in [0.15, 0.2) is 0 Å². The summed E-state index contributed by atoms with van der Waals surface area (Å²) in [5.41, 5.74) is 2.00. The van der Waals surface area contributed by atoms with Gasteiger partial charge in [0.2, 0.25) is 0 Å². The Morgan fingerprint density at radius 3 is 2.28 bits per heavy atom. The average molecular weight is 388 g/mol. The highest BCUT2D eigenvalue weighted by Gasteiger charge is 2.23. The smallest absolute Gasteiger partial charge is 0.272 e. The van der Waals surface area contributed by atoms with Gasteiger partial charge in [-0.05, 0) is 17.7 Å². The van der Waals surface area contributed by atoms with Gasteiger partial charge >= 0.3 is 0 Å². The third-order valence-electron chi connectivity index (χ3n) is 5.10. The van der Waals surface area contributed by atoms with Crippen LogP contribution in [-0.4, -0.2) is 58.2 Å². The van der Waals surface area contributed by atoms with Crippen LogP contribution in [0.4, 0.5) is 0 Å². The molecule has 1 amide bonds. The van der Waals surface area contributed by atoms with Crippen LogP contribution < -0.4 is 5.56 Å². The predicted molar refractivity (Wildman–Crippen MR) is 114 cm³/mol. The number of benzene rings is 2. The average Bonchev–Trinajstić information content (AvgIpc) is 3.17. The van der Waals surface area contributed by atoms with Crippen molar-refractivity contribution in [3.8, 4) is 5.69 Å². The molecule has 0 spiro atoms. The van der Waals surface area contributed by atoms with Gasteiger partial charge in [0.05, 0.1) is 5.69 Å². The van der Waals surface area contributed by atoms with E-state index in [1.807, 2.05) is 48.5 Å². The monoisotopic (exact) mass is 388 g/mol. The molecule has 0 radical (unpaired) electrons. The number of piperazine rings is 1. The molecule has 1 fully saturated rings. The van der Waals surface area contributed by atoms with E-state index in [4.69, 9.17) is 0 Å². The fourth-order valence-electron chi connectivity index (χ4n) is 3.48. The first-order valence-corrected chi connectivity index (χ1v) is 9.81. The highest BCUT2D eigenvalue weighted by Crippen LogP contribution is 2.09. The summed E-state index contributed by atoms with van der Waals surface area (Å²) in [7, 11) is 0. The van der Waals surface area contributed by atoms with E-state index in [1.54, 1.807) is 4.90 Å². The fourth-order valence-corrected chi connectivity index (χ4v) is 3.48. The minimum absolute atomic E-state index is 0.128. The summed E-state index contributed by atoms with van der Waals surface area (Å²) < 4.78 is 1.40. The number of carbonyl (C=O) groups is 1. The third-order valence-corrected chi connectivity index (χ3v) is 5.10. The van der Waals surface area contributed by atoms with E-state index in [0.717, 1.165) is 19.6 Å². The minimum Gasteiger partial charge on any atom is -0.335 e. The first kappa shape index (κ1) is 19.0. The number of rotatable bonds is 5. The standard InChI is InChI=1S/C23H24N4O2/c28-22-18-21(24-27(22)20-11-5-2-6-12-20)23(29)26-16-14-25(15-17-26)13-7-10-19-8-3-1-4-9-19/h1-12,18,24H,13-17H2. The molecule has 1 saturated heterocycles. The van der Waals surface area contributed by atoms with Crippen LogP contribution in [0.5, 0.6) is 0 Å². The molecule has 0 atom stereocenters. The van der Waals surface area contributed by atoms with Gasteiger partial charge in [-0.25, -0.2) is 4.68 Å². The molecule has 4 rings (SSSR count). The van der Waals surface area contributed by atoms with Crippen LogP contribution in [0.3, 0.4) is 0 Å². The molecule has 29 heavy (non-hydrogen) atoms. The molecule has 148 valence electrons. The second-order valence-corrected chi connectivity index (χ2v) is 7.08. The molecule has 3 aromatic rings. The molecule has 6 nitrogen and oxygen atoms in total. The van der Waals surface area contributed by atoms with Gasteiger partial charge in [-0.3, -0.25) is 19.6 Å². The van der Waals surface area contributed by atoms with Crippen molar-refractivity contribution in [1.29, 1.82) is 0 Å². The number of para-hydroxylation sites is 1. The number of H-pyrrole nitrogens is 1. The van der Waals surface area contributed by atoms with Crippen LogP contribution in [0.15, 0.2) is 77.6 Å². The van der Waals surface area contributed by atoms with E-state index < -0.39 is 0 Å². The summed E-state index contributed by atoms with van der Waals surface area (Å²) in [4.78, 5) is 29.2. The van der Waals surface area contributed by atoms with E-state index >= 15 is 0 Å². The Morgan fingerprint density at radius 2 is 1.59 bits per heavy atom. The summed E-state index contributed by atoms with van der Waals surface area (Å²) >= 11 is 0. The highest BCUT2D eigenvalue weighted by atomic mass is 16.2. The maximum Gasteiger partial charge on any atom is 0.272 e. The second kappa shape index (κ2) is 8.75. The predicted octanol–water partition coefficient (Wildman–Crippen LogP) is 2.64. The van der Waals surface area contributed by atoms with Crippen molar-refractivity contribution < 1.29 is 4.79 Å². The number of carbonyl (C=O) groups excluding carboxylic acids is 1. The molecule has 0 aliphatic carbocycles. The second-order valence-electron chi connectivity index (χ2n) is 7.08. The van der Waals surface area contributed by atoms with Crippen molar-refractivity contribution in [3.05, 3.63) is 94.4 Å². The molecule has 0 bridgehead atoms. The Kier molecular flexibility index (Phi) is 5.72. The number of hydrogen-bond acceptors (Lipinski definition) is 3. The van der Waals surface area contributed by atoms with E-state index in [1.165, 1.54) is 16.3 Å². The molecular formula is C23H24N4O2. The molecule has 1 N–H and O–H groups in total. The van der Waals surface area contributed by atoms with Gasteiger partial charge in [-0.2, -0.15) is 0 Å². The normalized spacial score (nSPS) is 15.1. The summed E-state index contributed by atoms with van der Waals surface area (Å²) in [5, 5.41) is 2.95. The SMILES string of the molecule is O=C(c1cc(=O)n(-c2ccccc2)[nH]1)N1CCN(CC=Cc2ccccc2)CC1. The molecule has 1 aromatic heterocycles. The zero-order valence-corrected chi connectivity index (χ0v) is 16.2. The van der Waals surface area contributed by atoms with Crippen molar-refractivity contribution in [1.82, 2.24) is 19.6 Å². The summed E-state index contributed by atoms with van der Waals surface area (Å²) in [5.74, 6) is -0.128. The molecule has 2 heterocycles. The Labute approximate surface area is 169 Å². The summed E-state index contributed by atoms with van der Waals surface area (Å²) in [6.07, 6.45) is 4.28. The van der Waals surface area contributed by atoms with E-state index in [-0.39, 0.29) is 11.5 Å². The van der Waals surface area contributed by atoms with Crippen LogP contribution in [0.1, 0.15) is 16.1 Å². The van der Waals surface area contributed by atoms with Crippen molar-refractivity contribution in [2.75, 3.05) is 32.7 Å². The molecular weight excluding hydrogens is 364 g/mol. The van der Waals surface area contributed by atoms with Crippen LogP contribution in [-0.2, 0) is 0 Å². The molecule has 2 aromatic carbocycles. The van der Waals surface area contributed by atoms with Crippen LogP contribution in [0.2, 0.25) is 0 Å². The lowest BCUT2D eigenvalue weighted by Crippen LogP contribution is -2.48. The highest BCUT2D eigenvalue weighted by molar-refractivity contribution is 5.92. The number of hydrogen-bond donors (Lipinski definition) is 1. The van der Waals surface area contributed by atoms with Crippen LogP contribution >= 0.6 is 0 Å². The van der Waals surface area contributed by atoms with Crippen molar-refractivity contribution in [3.63, 3.8) is 0 Å². The molecule has 0 unspecified atom stereocenters. The van der Waals surface area contributed by atoms with Crippen molar-refractivity contribution in [2.45, 2.75) is 0 Å². The van der Waals surface area contributed by atoms with Crippen molar-refractivity contribution in [2.24, 2.45) is 0 Å². The minimum atomic E-state index is -0.232. The largest absolute Gasteiger partial charge is 0.335 e. The zero-order chi connectivity index (χ0) is 20.1. The topological polar surface area (TPSA) is 61.3 Å². The quantitative estimate of drug-likeness (QED) is 0.731. The summed E-state index contributed by atoms with van der Waals surface area (Å²) in [6, 6.07) is 20.9. The Balaban J connectivity index is 1.34. The maximum absolute atomic E-state index is 12.8. The lowest BCUT2D eigenvalue weighted by Gasteiger charge is -2.33. The zero-order valence-electron chi connectivity index (χ0n) is 16.2. The molecule has 1 aliphatic heterocycles. The molecule has 1 aliphatic rings. The van der Waals surface area contributed by atoms with Gasteiger partial charge in [-0.1, -0.05) is 60.7 Å². The maximum atomic E-state index is 12.8. The Morgan fingerprint density at radius 1 is 0.931 bits per heavy atom. The van der Waals surface area contributed by atoms with E-state index in [9.17, 15) is 9.59 Å². The van der Waals surface area contributed by atoms with Gasteiger partial charge in [0, 0.05) is 38.8 Å². The van der Waals surface area contributed by atoms with Crippen LogP contribution in [0.25, 0.3) is 11.8 Å². The number of amides is 1. The number of aromatic nitrogens is 2. The van der Waals surface area contributed by atoms with Gasteiger partial charge in [0.25, 0.3) is 11.5 Å². The first-order valence-electron chi connectivity index (χ1n) is 9.81. The lowest BCUT2D eigenvalue weighted by atomic mass is 10.2. The molecule has 6 heteroatoms. The van der Waals surface area contributed by atoms with Crippen LogP contribution in [0, 0.1) is 0 Å². The molecule has 0 saturated carbocycles. The Bertz CT molecular complexity index is 1030. The summed E-state index contributed by atoms with van der Waals surface area (Å²) in [6.45, 7) is 3.79. The van der Waals surface area contributed by atoms with Crippen molar-refractivity contribution >= 4 is 12.0 Å². The van der Waals surface area contributed by atoms with Gasteiger partial charge in [-0.15, -0.1) is 0 Å². The fraction of sp³-hybridized carbons (Fsp3) is 0.217. The van der Waals surface area contributed by atoms with E-state index in [2.05, 4.69) is 34.3 Å². The van der Waals surface area contributed by atoms with E-state index in [0.29, 0.717) is 24.5 Å². The number of aromatic amines is 1.